The fraction of sp³-hybridized carbons (Fsp3) is 0.294. The van der Waals surface area contributed by atoms with Crippen LogP contribution >= 0.6 is 23.1 Å². The quantitative estimate of drug-likeness (QED) is 0.504. The number of nitrogens with one attached hydrogen (secondary N) is 1. The molecule has 1 N–H and O–H groups in total. The van der Waals surface area contributed by atoms with E-state index in [0.717, 1.165) is 17.0 Å². The number of aryl methyl sites for hydroxylation is 1. The number of ketones is 1. The number of rotatable bonds is 7. The number of thiophene rings is 1. The van der Waals surface area contributed by atoms with Crippen molar-refractivity contribution >= 4 is 46.0 Å². The fourth-order valence-corrected chi connectivity index (χ4v) is 3.92. The van der Waals surface area contributed by atoms with Gasteiger partial charge < -0.3 is 9.73 Å². The standard InChI is InChI=1S/C17H17N3O3S2/c1-10-3-5-14-16(19-10)20-17(23-14)24-9-13(22)15-6-4-12(25-15)7-8-18-11(2)21/h3-6H,7-9H2,1-2H3,(H,18,21). The molecule has 0 radical (unpaired) electrons. The van der Waals surface area contributed by atoms with Gasteiger partial charge in [0, 0.05) is 24.0 Å². The highest BCUT2D eigenvalue weighted by Crippen LogP contribution is 2.25. The average molecular weight is 375 g/mol. The minimum atomic E-state index is -0.0488. The van der Waals surface area contributed by atoms with E-state index in [9.17, 15) is 9.59 Å². The normalized spacial score (nSPS) is 11.0. The molecule has 8 heteroatoms. The molecule has 25 heavy (non-hydrogen) atoms. The second-order valence-electron chi connectivity index (χ2n) is 5.46. The van der Waals surface area contributed by atoms with E-state index in [1.165, 1.54) is 30.0 Å². The monoisotopic (exact) mass is 375 g/mol. The zero-order valence-electron chi connectivity index (χ0n) is 13.9. The molecule has 0 fully saturated rings. The summed E-state index contributed by atoms with van der Waals surface area (Å²) in [6, 6.07) is 7.45. The Morgan fingerprint density at radius 1 is 1.24 bits per heavy atom. The lowest BCUT2D eigenvalue weighted by Gasteiger charge is -1.99. The van der Waals surface area contributed by atoms with Crippen molar-refractivity contribution in [1.29, 1.82) is 0 Å². The summed E-state index contributed by atoms with van der Waals surface area (Å²) in [6.45, 7) is 3.96. The Morgan fingerprint density at radius 3 is 2.88 bits per heavy atom. The van der Waals surface area contributed by atoms with Gasteiger partial charge in [0.05, 0.1) is 10.6 Å². The van der Waals surface area contributed by atoms with E-state index < -0.39 is 0 Å². The maximum absolute atomic E-state index is 12.3. The van der Waals surface area contributed by atoms with Gasteiger partial charge in [-0.05, 0) is 37.6 Å². The number of hydrogen-bond acceptors (Lipinski definition) is 7. The molecule has 3 aromatic heterocycles. The maximum atomic E-state index is 12.3. The van der Waals surface area contributed by atoms with Gasteiger partial charge in [-0.1, -0.05) is 11.8 Å². The molecule has 0 aromatic carbocycles. The molecule has 0 aliphatic carbocycles. The number of thioether (sulfide) groups is 1. The van der Waals surface area contributed by atoms with Gasteiger partial charge in [0.2, 0.25) is 5.91 Å². The minimum Gasteiger partial charge on any atom is -0.430 e. The Kier molecular flexibility index (Phi) is 5.50. The number of pyridine rings is 1. The Balaban J connectivity index is 1.56. The third kappa shape index (κ3) is 4.67. The summed E-state index contributed by atoms with van der Waals surface area (Å²) in [5.74, 6) is 0.247. The summed E-state index contributed by atoms with van der Waals surface area (Å²) in [6.07, 6.45) is 0.723. The van der Waals surface area contributed by atoms with Gasteiger partial charge in [-0.15, -0.1) is 11.3 Å². The second kappa shape index (κ2) is 7.79. The van der Waals surface area contributed by atoms with E-state index >= 15 is 0 Å². The van der Waals surface area contributed by atoms with Crippen LogP contribution in [0.25, 0.3) is 11.2 Å². The van der Waals surface area contributed by atoms with Gasteiger partial charge in [0.15, 0.2) is 17.0 Å². The van der Waals surface area contributed by atoms with E-state index in [2.05, 4.69) is 15.3 Å². The highest BCUT2D eigenvalue weighted by atomic mass is 32.2. The molecule has 3 rings (SSSR count). The number of carbonyl (C=O) groups excluding carboxylic acids is 2. The molecule has 3 heterocycles. The van der Waals surface area contributed by atoms with Gasteiger partial charge in [0.1, 0.15) is 0 Å². The van der Waals surface area contributed by atoms with Crippen LogP contribution in [0.15, 0.2) is 33.9 Å². The molecule has 130 valence electrons. The van der Waals surface area contributed by atoms with Crippen LogP contribution in [0.3, 0.4) is 0 Å². The van der Waals surface area contributed by atoms with Crippen molar-refractivity contribution in [2.24, 2.45) is 0 Å². The highest BCUT2D eigenvalue weighted by Gasteiger charge is 2.13. The lowest BCUT2D eigenvalue weighted by Crippen LogP contribution is -2.22. The van der Waals surface area contributed by atoms with Gasteiger partial charge >= 0.3 is 0 Å². The van der Waals surface area contributed by atoms with Gasteiger partial charge in [-0.3, -0.25) is 9.59 Å². The van der Waals surface area contributed by atoms with E-state index in [4.69, 9.17) is 4.42 Å². The molecule has 0 unspecified atom stereocenters. The zero-order chi connectivity index (χ0) is 17.8. The molecule has 0 atom stereocenters. The van der Waals surface area contributed by atoms with Crippen molar-refractivity contribution in [2.75, 3.05) is 12.3 Å². The summed E-state index contributed by atoms with van der Waals surface area (Å²) in [5, 5.41) is 3.20. The fourth-order valence-electron chi connectivity index (χ4n) is 2.18. The summed E-state index contributed by atoms with van der Waals surface area (Å²) >= 11 is 2.73. The molecular formula is C17H17N3O3S2. The van der Waals surface area contributed by atoms with Crippen LogP contribution in [-0.4, -0.2) is 34.0 Å². The zero-order valence-corrected chi connectivity index (χ0v) is 15.5. The van der Waals surface area contributed by atoms with Crippen molar-refractivity contribution < 1.29 is 14.0 Å². The third-order valence-electron chi connectivity index (χ3n) is 3.38. The van der Waals surface area contributed by atoms with Crippen molar-refractivity contribution in [3.05, 3.63) is 39.7 Å². The number of carbonyl (C=O) groups is 2. The van der Waals surface area contributed by atoms with Crippen LogP contribution in [0.1, 0.15) is 27.2 Å². The molecule has 0 saturated carbocycles. The van der Waals surface area contributed by atoms with E-state index in [1.54, 1.807) is 0 Å². The van der Waals surface area contributed by atoms with Crippen LogP contribution < -0.4 is 5.32 Å². The Bertz CT molecular complexity index is 917. The largest absolute Gasteiger partial charge is 0.430 e. The van der Waals surface area contributed by atoms with Gasteiger partial charge in [0.25, 0.3) is 5.22 Å². The topological polar surface area (TPSA) is 85.1 Å². The average Bonchev–Trinajstić information content (AvgIpc) is 3.18. The number of Topliss-reactive ketones (excluding diaryl/α,β-unsaturated/α-hetero) is 1. The first-order valence-electron chi connectivity index (χ1n) is 7.74. The van der Waals surface area contributed by atoms with Crippen LogP contribution in [0.4, 0.5) is 0 Å². The van der Waals surface area contributed by atoms with Crippen LogP contribution in [0, 0.1) is 6.92 Å². The van der Waals surface area contributed by atoms with E-state index in [1.807, 2.05) is 31.2 Å². The van der Waals surface area contributed by atoms with E-state index in [-0.39, 0.29) is 17.4 Å². The Hall–Kier alpha value is -2.19. The molecular weight excluding hydrogens is 358 g/mol. The minimum absolute atomic E-state index is 0.0344. The number of oxazole rings is 1. The smallest absolute Gasteiger partial charge is 0.258 e. The molecule has 0 saturated heterocycles. The summed E-state index contributed by atoms with van der Waals surface area (Å²) in [4.78, 5) is 33.6. The van der Waals surface area contributed by atoms with Crippen molar-refractivity contribution in [2.45, 2.75) is 25.5 Å². The van der Waals surface area contributed by atoms with Crippen molar-refractivity contribution in [3.8, 4) is 0 Å². The summed E-state index contributed by atoms with van der Waals surface area (Å²) < 4.78 is 5.59. The van der Waals surface area contributed by atoms with Crippen molar-refractivity contribution in [1.82, 2.24) is 15.3 Å². The molecule has 3 aromatic rings. The first-order valence-corrected chi connectivity index (χ1v) is 9.55. The highest BCUT2D eigenvalue weighted by molar-refractivity contribution is 7.99. The molecule has 6 nitrogen and oxygen atoms in total. The summed E-state index contributed by atoms with van der Waals surface area (Å²) in [5.41, 5.74) is 2.06. The lowest BCUT2D eigenvalue weighted by atomic mass is 10.3. The van der Waals surface area contributed by atoms with Crippen LogP contribution in [0.2, 0.25) is 0 Å². The van der Waals surface area contributed by atoms with Gasteiger partial charge in [-0.2, -0.15) is 4.98 Å². The maximum Gasteiger partial charge on any atom is 0.258 e. The van der Waals surface area contributed by atoms with Crippen LogP contribution in [0.5, 0.6) is 0 Å². The number of fused-ring (bicyclic) bond motifs is 1. The number of hydrogen-bond donors (Lipinski definition) is 1. The van der Waals surface area contributed by atoms with Crippen molar-refractivity contribution in [3.63, 3.8) is 0 Å². The lowest BCUT2D eigenvalue weighted by molar-refractivity contribution is -0.118. The predicted molar refractivity (Wildman–Crippen MR) is 98.3 cm³/mol. The first kappa shape index (κ1) is 17.6. The molecule has 0 spiro atoms. The number of aromatic nitrogens is 2. The molecule has 0 bridgehead atoms. The first-order chi connectivity index (χ1) is 12.0. The predicted octanol–water partition coefficient (Wildman–Crippen LogP) is 3.25. The molecule has 1 amide bonds. The SMILES string of the molecule is CC(=O)NCCc1ccc(C(=O)CSc2nc3nc(C)ccc3o2)s1. The number of amides is 1. The van der Waals surface area contributed by atoms with Crippen LogP contribution in [-0.2, 0) is 11.2 Å². The second-order valence-corrected chi connectivity index (χ2v) is 7.56. The molecule has 0 aliphatic heterocycles. The third-order valence-corrected chi connectivity index (χ3v) is 5.40. The van der Waals surface area contributed by atoms with Gasteiger partial charge in [-0.25, -0.2) is 4.98 Å². The van der Waals surface area contributed by atoms with E-state index in [0.29, 0.717) is 27.9 Å². The summed E-state index contributed by atoms with van der Waals surface area (Å²) in [7, 11) is 0. The number of nitrogens with zero attached hydrogens (tertiary/aromatic N) is 2. The molecule has 0 aliphatic rings. The Labute approximate surface area is 153 Å². The Morgan fingerprint density at radius 2 is 2.08 bits per heavy atom.